The number of aromatic nitrogens is 3. The lowest BCUT2D eigenvalue weighted by Gasteiger charge is -2.05. The molecule has 2 aromatic heterocycles. The molecule has 0 fully saturated rings. The highest BCUT2D eigenvalue weighted by atomic mass is 35.5. The summed E-state index contributed by atoms with van der Waals surface area (Å²) >= 11 is 7.62. The van der Waals surface area contributed by atoms with Crippen molar-refractivity contribution < 1.29 is 0 Å². The predicted octanol–water partition coefficient (Wildman–Crippen LogP) is 2.58. The second kappa shape index (κ2) is 5.55. The normalized spacial score (nSPS) is 11.1. The van der Waals surface area contributed by atoms with E-state index in [-0.39, 0.29) is 0 Å². The molecule has 0 amide bonds. The lowest BCUT2D eigenvalue weighted by molar-refractivity contribution is 0.728. The molecule has 2 rings (SSSR count). The molecule has 0 saturated heterocycles. The first-order chi connectivity index (χ1) is 7.86. The van der Waals surface area contributed by atoms with Gasteiger partial charge in [0.05, 0.1) is 0 Å². The third-order valence-electron chi connectivity index (χ3n) is 2.42. The molecular weight excluding hydrogens is 242 g/mol. The van der Waals surface area contributed by atoms with Gasteiger partial charge in [0.15, 0.2) is 5.65 Å². The molecule has 86 valence electrons. The molecular formula is C11H14ClN3S. The number of fused-ring (bicyclic) bond motifs is 1. The molecule has 0 atom stereocenters. The van der Waals surface area contributed by atoms with Crippen LogP contribution in [-0.4, -0.2) is 32.4 Å². The van der Waals surface area contributed by atoms with Gasteiger partial charge in [-0.2, -0.15) is 11.8 Å². The summed E-state index contributed by atoms with van der Waals surface area (Å²) in [4.78, 5) is 8.95. The molecule has 0 bridgehead atoms. The number of halogens is 1. The van der Waals surface area contributed by atoms with Crippen molar-refractivity contribution in [1.29, 1.82) is 0 Å². The summed E-state index contributed by atoms with van der Waals surface area (Å²) in [5.41, 5.74) is 1.93. The molecule has 0 aliphatic rings. The van der Waals surface area contributed by atoms with E-state index in [0.29, 0.717) is 5.88 Å². The van der Waals surface area contributed by atoms with E-state index in [1.54, 1.807) is 0 Å². The van der Waals surface area contributed by atoms with Crippen molar-refractivity contribution in [3.63, 3.8) is 0 Å². The number of hydrogen-bond donors (Lipinski definition) is 0. The number of pyridine rings is 1. The second-order valence-electron chi connectivity index (χ2n) is 3.46. The Kier molecular flexibility index (Phi) is 4.07. The van der Waals surface area contributed by atoms with E-state index in [0.717, 1.165) is 35.7 Å². The molecule has 2 aromatic rings. The van der Waals surface area contributed by atoms with Crippen LogP contribution in [0.1, 0.15) is 5.82 Å². The highest BCUT2D eigenvalue weighted by Crippen LogP contribution is 2.15. The Morgan fingerprint density at radius 3 is 3.12 bits per heavy atom. The molecule has 0 spiro atoms. The zero-order chi connectivity index (χ0) is 11.4. The van der Waals surface area contributed by atoms with Crippen LogP contribution < -0.4 is 0 Å². The third kappa shape index (κ3) is 2.33. The molecule has 0 radical (unpaired) electrons. The zero-order valence-electron chi connectivity index (χ0n) is 9.19. The molecule has 0 unspecified atom stereocenters. The summed E-state index contributed by atoms with van der Waals surface area (Å²) < 4.78 is 2.17. The van der Waals surface area contributed by atoms with Crippen LogP contribution in [0.25, 0.3) is 11.2 Å². The topological polar surface area (TPSA) is 30.7 Å². The van der Waals surface area contributed by atoms with Gasteiger partial charge in [0, 0.05) is 30.8 Å². The van der Waals surface area contributed by atoms with Crippen LogP contribution in [0.2, 0.25) is 0 Å². The summed E-state index contributed by atoms with van der Waals surface area (Å²) in [5, 5.41) is 0. The fourth-order valence-corrected chi connectivity index (χ4v) is 2.23. The van der Waals surface area contributed by atoms with Gasteiger partial charge in [-0.3, -0.25) is 0 Å². The van der Waals surface area contributed by atoms with Gasteiger partial charge in [-0.15, -0.1) is 11.6 Å². The van der Waals surface area contributed by atoms with Crippen molar-refractivity contribution >= 4 is 34.5 Å². The third-order valence-corrected chi connectivity index (χ3v) is 3.20. The van der Waals surface area contributed by atoms with Gasteiger partial charge in [0.2, 0.25) is 0 Å². The number of aryl methyl sites for hydroxylation is 2. The van der Waals surface area contributed by atoms with Gasteiger partial charge in [0.1, 0.15) is 11.3 Å². The van der Waals surface area contributed by atoms with Crippen molar-refractivity contribution in [2.75, 3.05) is 17.9 Å². The first kappa shape index (κ1) is 11.7. The maximum Gasteiger partial charge on any atom is 0.160 e. The standard InChI is InChI=1S/C11H14ClN3S/c1-16-8-7-15-10(4-5-12)14-9-3-2-6-13-11(9)15/h2-3,6H,4-5,7-8H2,1H3. The maximum absolute atomic E-state index is 5.79. The highest BCUT2D eigenvalue weighted by Gasteiger charge is 2.10. The fourth-order valence-electron chi connectivity index (χ4n) is 1.70. The molecule has 16 heavy (non-hydrogen) atoms. The molecule has 0 N–H and O–H groups in total. The lowest BCUT2D eigenvalue weighted by atomic mass is 10.4. The number of alkyl halides is 1. The highest BCUT2D eigenvalue weighted by molar-refractivity contribution is 7.98. The SMILES string of the molecule is CSCCn1c(CCCl)nc2cccnc21. The summed E-state index contributed by atoms with van der Waals surface area (Å²) in [6.07, 6.45) is 4.71. The molecule has 0 saturated carbocycles. The molecule has 3 nitrogen and oxygen atoms in total. The van der Waals surface area contributed by atoms with Gasteiger partial charge >= 0.3 is 0 Å². The predicted molar refractivity (Wildman–Crippen MR) is 70.3 cm³/mol. The number of hydrogen-bond acceptors (Lipinski definition) is 3. The van der Waals surface area contributed by atoms with Crippen LogP contribution in [0.15, 0.2) is 18.3 Å². The van der Waals surface area contributed by atoms with Crippen molar-refractivity contribution in [1.82, 2.24) is 14.5 Å². The van der Waals surface area contributed by atoms with E-state index in [1.165, 1.54) is 0 Å². The van der Waals surface area contributed by atoms with E-state index in [9.17, 15) is 0 Å². The summed E-state index contributed by atoms with van der Waals surface area (Å²) in [5.74, 6) is 2.71. The monoisotopic (exact) mass is 255 g/mol. The van der Waals surface area contributed by atoms with E-state index in [2.05, 4.69) is 20.8 Å². The smallest absolute Gasteiger partial charge is 0.160 e. The van der Waals surface area contributed by atoms with Crippen molar-refractivity contribution in [3.8, 4) is 0 Å². The average molecular weight is 256 g/mol. The van der Waals surface area contributed by atoms with Crippen LogP contribution >= 0.6 is 23.4 Å². The quantitative estimate of drug-likeness (QED) is 0.770. The maximum atomic E-state index is 5.79. The van der Waals surface area contributed by atoms with Crippen LogP contribution in [0, 0.1) is 0 Å². The molecule has 0 aromatic carbocycles. The summed E-state index contributed by atoms with van der Waals surface area (Å²) in [6, 6.07) is 3.91. The van der Waals surface area contributed by atoms with Crippen LogP contribution in [0.3, 0.4) is 0 Å². The van der Waals surface area contributed by atoms with Crippen molar-refractivity contribution in [3.05, 3.63) is 24.2 Å². The molecule has 0 aliphatic carbocycles. The minimum atomic E-state index is 0.600. The number of imidazole rings is 1. The Balaban J connectivity index is 2.42. The van der Waals surface area contributed by atoms with Gasteiger partial charge in [-0.05, 0) is 18.4 Å². The number of rotatable bonds is 5. The number of thioether (sulfide) groups is 1. The molecule has 0 aliphatic heterocycles. The van der Waals surface area contributed by atoms with Gasteiger partial charge in [0.25, 0.3) is 0 Å². The Bertz CT molecular complexity index is 469. The van der Waals surface area contributed by atoms with Crippen LogP contribution in [0.5, 0.6) is 0 Å². The first-order valence-corrected chi connectivity index (χ1v) is 7.14. The molecule has 2 heterocycles. The minimum absolute atomic E-state index is 0.600. The van der Waals surface area contributed by atoms with Crippen molar-refractivity contribution in [2.24, 2.45) is 0 Å². The zero-order valence-corrected chi connectivity index (χ0v) is 10.8. The van der Waals surface area contributed by atoms with E-state index in [4.69, 9.17) is 11.6 Å². The number of nitrogens with zero attached hydrogens (tertiary/aromatic N) is 3. The molecule has 5 heteroatoms. The second-order valence-corrected chi connectivity index (χ2v) is 4.82. The minimum Gasteiger partial charge on any atom is -0.312 e. The average Bonchev–Trinajstić information content (AvgIpc) is 2.65. The Morgan fingerprint density at radius 1 is 1.50 bits per heavy atom. The Labute approximate surface area is 104 Å². The van der Waals surface area contributed by atoms with Gasteiger partial charge in [-0.25, -0.2) is 9.97 Å². The van der Waals surface area contributed by atoms with Gasteiger partial charge < -0.3 is 4.57 Å². The van der Waals surface area contributed by atoms with E-state index in [1.807, 2.05) is 30.1 Å². The van der Waals surface area contributed by atoms with E-state index < -0.39 is 0 Å². The Morgan fingerprint density at radius 2 is 2.38 bits per heavy atom. The lowest BCUT2D eigenvalue weighted by Crippen LogP contribution is -2.07. The largest absolute Gasteiger partial charge is 0.312 e. The first-order valence-electron chi connectivity index (χ1n) is 5.22. The van der Waals surface area contributed by atoms with Crippen LogP contribution in [-0.2, 0) is 13.0 Å². The Hall–Kier alpha value is -0.740. The van der Waals surface area contributed by atoms with E-state index >= 15 is 0 Å². The van der Waals surface area contributed by atoms with Crippen molar-refractivity contribution in [2.45, 2.75) is 13.0 Å². The summed E-state index contributed by atoms with van der Waals surface area (Å²) in [7, 11) is 0. The van der Waals surface area contributed by atoms with Crippen LogP contribution in [0.4, 0.5) is 0 Å². The fraction of sp³-hybridized carbons (Fsp3) is 0.455. The summed E-state index contributed by atoms with van der Waals surface area (Å²) in [6.45, 7) is 0.945. The van der Waals surface area contributed by atoms with Gasteiger partial charge in [-0.1, -0.05) is 0 Å².